The van der Waals surface area contributed by atoms with Gasteiger partial charge in [-0.3, -0.25) is 0 Å². The van der Waals surface area contributed by atoms with Gasteiger partial charge in [0.25, 0.3) is 0 Å². The predicted molar refractivity (Wildman–Crippen MR) is 130 cm³/mol. The standard InChI is InChI=1S/2C14H22O.Ni/c2*1-2-3-4-5-6-7-10-13-11-8-9-12-14(13)15;/h2*8-9,11-12,15H,2-7,10H2,1H3;. The maximum absolute atomic E-state index is 9.55. The molecule has 3 heteroatoms. The summed E-state index contributed by atoms with van der Waals surface area (Å²) in [6.45, 7) is 4.48. The number of unbranched alkanes of at least 4 members (excludes halogenated alkanes) is 10. The maximum Gasteiger partial charge on any atom is 0.118 e. The average molecular weight is 471 g/mol. The Morgan fingerprint density at radius 3 is 1.16 bits per heavy atom. The zero-order valence-corrected chi connectivity index (χ0v) is 20.7. The van der Waals surface area contributed by atoms with Crippen LogP contribution in [0, 0.1) is 0 Å². The fourth-order valence-corrected chi connectivity index (χ4v) is 3.64. The average Bonchev–Trinajstić information content (AvgIpc) is 2.76. The molecule has 2 rings (SSSR count). The van der Waals surface area contributed by atoms with Crippen LogP contribution in [-0.4, -0.2) is 10.2 Å². The Bertz CT molecular complexity index is 599. The summed E-state index contributed by atoms with van der Waals surface area (Å²) in [5.41, 5.74) is 2.18. The number of hydrogen-bond acceptors (Lipinski definition) is 2. The van der Waals surface area contributed by atoms with Crippen molar-refractivity contribution < 1.29 is 26.7 Å². The molecular formula is C28H44NiO2. The van der Waals surface area contributed by atoms with Gasteiger partial charge in [-0.25, -0.2) is 0 Å². The van der Waals surface area contributed by atoms with Gasteiger partial charge < -0.3 is 10.2 Å². The third-order valence-electron chi connectivity index (χ3n) is 5.58. The molecule has 0 atom stereocenters. The van der Waals surface area contributed by atoms with E-state index >= 15 is 0 Å². The van der Waals surface area contributed by atoms with Crippen LogP contribution in [0.4, 0.5) is 0 Å². The third-order valence-corrected chi connectivity index (χ3v) is 5.58. The minimum Gasteiger partial charge on any atom is -0.508 e. The topological polar surface area (TPSA) is 40.5 Å². The summed E-state index contributed by atoms with van der Waals surface area (Å²) in [5, 5.41) is 19.1. The van der Waals surface area contributed by atoms with Gasteiger partial charge in [0, 0.05) is 16.5 Å². The Morgan fingerprint density at radius 2 is 0.806 bits per heavy atom. The van der Waals surface area contributed by atoms with E-state index in [1.165, 1.54) is 77.0 Å². The molecule has 0 saturated heterocycles. The molecule has 178 valence electrons. The van der Waals surface area contributed by atoms with Crippen molar-refractivity contribution in [3.63, 3.8) is 0 Å². The first-order valence-electron chi connectivity index (χ1n) is 12.2. The molecule has 31 heavy (non-hydrogen) atoms. The van der Waals surface area contributed by atoms with E-state index in [0.717, 1.165) is 24.0 Å². The van der Waals surface area contributed by atoms with Crippen LogP contribution in [0.15, 0.2) is 48.5 Å². The molecule has 2 nitrogen and oxygen atoms in total. The summed E-state index contributed by atoms with van der Waals surface area (Å²) < 4.78 is 0. The Labute approximate surface area is 201 Å². The normalized spacial score (nSPS) is 10.1. The monoisotopic (exact) mass is 470 g/mol. The van der Waals surface area contributed by atoms with Crippen LogP contribution in [0.5, 0.6) is 11.5 Å². The molecular weight excluding hydrogens is 427 g/mol. The fourth-order valence-electron chi connectivity index (χ4n) is 3.64. The molecule has 0 unspecified atom stereocenters. The van der Waals surface area contributed by atoms with Gasteiger partial charge >= 0.3 is 0 Å². The van der Waals surface area contributed by atoms with Crippen LogP contribution in [0.25, 0.3) is 0 Å². The second-order valence-electron chi connectivity index (χ2n) is 8.29. The molecule has 0 radical (unpaired) electrons. The zero-order valence-electron chi connectivity index (χ0n) is 19.7. The van der Waals surface area contributed by atoms with E-state index in [4.69, 9.17) is 0 Å². The van der Waals surface area contributed by atoms with Crippen molar-refractivity contribution in [3.05, 3.63) is 59.7 Å². The van der Waals surface area contributed by atoms with E-state index < -0.39 is 0 Å². The molecule has 0 saturated carbocycles. The number of phenolic OH excluding ortho intramolecular Hbond substituents is 2. The van der Waals surface area contributed by atoms with Crippen molar-refractivity contribution in [2.75, 3.05) is 0 Å². The van der Waals surface area contributed by atoms with Crippen LogP contribution >= 0.6 is 0 Å². The van der Waals surface area contributed by atoms with E-state index in [9.17, 15) is 10.2 Å². The summed E-state index contributed by atoms with van der Waals surface area (Å²) in [7, 11) is 0. The van der Waals surface area contributed by atoms with Crippen LogP contribution in [-0.2, 0) is 29.3 Å². The smallest absolute Gasteiger partial charge is 0.118 e. The van der Waals surface area contributed by atoms with E-state index in [0.29, 0.717) is 11.5 Å². The van der Waals surface area contributed by atoms with Crippen LogP contribution < -0.4 is 0 Å². The molecule has 0 amide bonds. The number of para-hydroxylation sites is 2. The molecule has 2 aromatic rings. The number of rotatable bonds is 14. The van der Waals surface area contributed by atoms with E-state index in [1.807, 2.05) is 36.4 Å². The Hall–Kier alpha value is -1.47. The fraction of sp³-hybridized carbons (Fsp3) is 0.571. The molecule has 2 aromatic carbocycles. The summed E-state index contributed by atoms with van der Waals surface area (Å²) in [5.74, 6) is 0.900. The van der Waals surface area contributed by atoms with Crippen molar-refractivity contribution in [3.8, 4) is 11.5 Å². The molecule has 2 N–H and O–H groups in total. The molecule has 0 heterocycles. The summed E-state index contributed by atoms with van der Waals surface area (Å²) in [6, 6.07) is 15.3. The second kappa shape index (κ2) is 20.4. The van der Waals surface area contributed by atoms with Gasteiger partial charge in [-0.2, -0.15) is 0 Å². The van der Waals surface area contributed by atoms with Crippen LogP contribution in [0.3, 0.4) is 0 Å². The number of hydrogen-bond donors (Lipinski definition) is 2. The first-order chi connectivity index (χ1) is 14.7. The zero-order chi connectivity index (χ0) is 21.9. The second-order valence-corrected chi connectivity index (χ2v) is 8.29. The largest absolute Gasteiger partial charge is 0.508 e. The van der Waals surface area contributed by atoms with Crippen LogP contribution in [0.1, 0.15) is 102 Å². The Morgan fingerprint density at radius 1 is 0.484 bits per heavy atom. The van der Waals surface area contributed by atoms with Crippen molar-refractivity contribution in [2.45, 2.75) is 104 Å². The quantitative estimate of drug-likeness (QED) is 0.214. The first kappa shape index (κ1) is 29.5. The van der Waals surface area contributed by atoms with E-state index in [-0.39, 0.29) is 16.5 Å². The van der Waals surface area contributed by atoms with Crippen molar-refractivity contribution in [1.82, 2.24) is 0 Å². The van der Waals surface area contributed by atoms with Gasteiger partial charge in [-0.1, -0.05) is 114 Å². The predicted octanol–water partition coefficient (Wildman–Crippen LogP) is 8.59. The van der Waals surface area contributed by atoms with E-state index in [1.54, 1.807) is 12.1 Å². The third kappa shape index (κ3) is 15.1. The number of phenols is 2. The molecule has 0 spiro atoms. The minimum atomic E-state index is 0. The Balaban J connectivity index is 0.000000562. The van der Waals surface area contributed by atoms with Gasteiger partial charge in [0.2, 0.25) is 0 Å². The van der Waals surface area contributed by atoms with Gasteiger partial charge in [-0.05, 0) is 48.9 Å². The Kier molecular flexibility index (Phi) is 19.5. The first-order valence-corrected chi connectivity index (χ1v) is 12.2. The summed E-state index contributed by atoms with van der Waals surface area (Å²) in [4.78, 5) is 0. The van der Waals surface area contributed by atoms with Crippen molar-refractivity contribution in [1.29, 1.82) is 0 Å². The van der Waals surface area contributed by atoms with Crippen molar-refractivity contribution in [2.24, 2.45) is 0 Å². The minimum absolute atomic E-state index is 0. The number of benzene rings is 2. The van der Waals surface area contributed by atoms with Crippen molar-refractivity contribution >= 4 is 0 Å². The molecule has 0 aliphatic rings. The van der Waals surface area contributed by atoms with Gasteiger partial charge in [-0.15, -0.1) is 0 Å². The SMILES string of the molecule is CCCCCCCCc1ccccc1O.CCCCCCCCc1ccccc1O.[Ni]. The molecule has 0 bridgehead atoms. The molecule has 0 fully saturated rings. The van der Waals surface area contributed by atoms with Gasteiger partial charge in [0.15, 0.2) is 0 Å². The maximum atomic E-state index is 9.55. The molecule has 0 aliphatic carbocycles. The number of aromatic hydroxyl groups is 2. The van der Waals surface area contributed by atoms with E-state index in [2.05, 4.69) is 13.8 Å². The van der Waals surface area contributed by atoms with Gasteiger partial charge in [0.1, 0.15) is 11.5 Å². The van der Waals surface area contributed by atoms with Gasteiger partial charge in [0.05, 0.1) is 0 Å². The summed E-state index contributed by atoms with van der Waals surface area (Å²) >= 11 is 0. The number of aryl methyl sites for hydroxylation is 2. The summed E-state index contributed by atoms with van der Waals surface area (Å²) in [6.07, 6.45) is 17.7. The van der Waals surface area contributed by atoms with Crippen LogP contribution in [0.2, 0.25) is 0 Å². The molecule has 0 aliphatic heterocycles. The molecule has 0 aromatic heterocycles.